The molecule has 0 bridgehead atoms. The number of rotatable bonds is 2. The molecule has 1 unspecified atom stereocenters. The normalized spacial score (nSPS) is 18.0. The first-order valence-corrected chi connectivity index (χ1v) is 6.92. The molecule has 1 fully saturated rings. The van der Waals surface area contributed by atoms with Crippen molar-refractivity contribution in [1.82, 2.24) is 10.1 Å². The van der Waals surface area contributed by atoms with Crippen LogP contribution in [0.15, 0.2) is 35.1 Å². The molecule has 1 aliphatic rings. The molecular formula is C14H13ClFN3O2. The largest absolute Gasteiger partial charge is 0.365 e. The summed E-state index contributed by atoms with van der Waals surface area (Å²) >= 11 is 5.69. The molecule has 1 N–H and O–H groups in total. The van der Waals surface area contributed by atoms with E-state index in [1.54, 1.807) is 4.90 Å². The highest BCUT2D eigenvalue weighted by Gasteiger charge is 2.28. The molecule has 1 aliphatic heterocycles. The van der Waals surface area contributed by atoms with Crippen LogP contribution in [0.25, 0.3) is 0 Å². The van der Waals surface area contributed by atoms with Gasteiger partial charge in [0.25, 0.3) is 0 Å². The number of anilines is 1. The van der Waals surface area contributed by atoms with E-state index in [0.29, 0.717) is 18.8 Å². The molecule has 1 aromatic heterocycles. The van der Waals surface area contributed by atoms with Gasteiger partial charge >= 0.3 is 6.03 Å². The molecule has 0 saturated carbocycles. The first-order chi connectivity index (χ1) is 10.1. The SMILES string of the molecule is O=C(Nc1ccc(F)c(Cl)c1)N1CCC(c2ccon2)C1. The van der Waals surface area contributed by atoms with Crippen molar-refractivity contribution in [2.24, 2.45) is 0 Å². The highest BCUT2D eigenvalue weighted by Crippen LogP contribution is 2.26. The summed E-state index contributed by atoms with van der Waals surface area (Å²) in [6.45, 7) is 1.21. The lowest BCUT2D eigenvalue weighted by Gasteiger charge is -2.17. The molecule has 1 aromatic carbocycles. The standard InChI is InChI=1S/C14H13ClFN3O2/c15-11-7-10(1-2-12(11)16)17-14(20)19-5-3-9(8-19)13-4-6-21-18-13/h1-2,4,6-7,9H,3,5,8H2,(H,17,20). The third kappa shape index (κ3) is 3.00. The Morgan fingerprint density at radius 1 is 1.48 bits per heavy atom. The smallest absolute Gasteiger partial charge is 0.321 e. The lowest BCUT2D eigenvalue weighted by atomic mass is 10.1. The maximum atomic E-state index is 13.1. The lowest BCUT2D eigenvalue weighted by molar-refractivity contribution is 0.222. The van der Waals surface area contributed by atoms with Crippen LogP contribution in [0.2, 0.25) is 5.02 Å². The topological polar surface area (TPSA) is 58.4 Å². The van der Waals surface area contributed by atoms with E-state index in [1.165, 1.54) is 24.5 Å². The molecule has 1 saturated heterocycles. The summed E-state index contributed by atoms with van der Waals surface area (Å²) in [6, 6.07) is 5.67. The van der Waals surface area contributed by atoms with Gasteiger partial charge in [0, 0.05) is 30.8 Å². The molecule has 21 heavy (non-hydrogen) atoms. The Labute approximate surface area is 125 Å². The molecule has 2 heterocycles. The van der Waals surface area contributed by atoms with E-state index in [9.17, 15) is 9.18 Å². The fourth-order valence-electron chi connectivity index (χ4n) is 2.40. The van der Waals surface area contributed by atoms with Crippen LogP contribution in [0.5, 0.6) is 0 Å². The second-order valence-electron chi connectivity index (χ2n) is 4.91. The van der Waals surface area contributed by atoms with Gasteiger partial charge in [0.05, 0.1) is 10.7 Å². The van der Waals surface area contributed by atoms with Crippen molar-refractivity contribution in [1.29, 1.82) is 0 Å². The predicted molar refractivity (Wildman–Crippen MR) is 75.9 cm³/mol. The van der Waals surface area contributed by atoms with Crippen molar-refractivity contribution in [3.8, 4) is 0 Å². The first-order valence-electron chi connectivity index (χ1n) is 6.55. The van der Waals surface area contributed by atoms with Gasteiger partial charge in [-0.3, -0.25) is 0 Å². The van der Waals surface area contributed by atoms with Gasteiger partial charge in [-0.05, 0) is 24.6 Å². The molecule has 5 nitrogen and oxygen atoms in total. The number of amides is 2. The van der Waals surface area contributed by atoms with Crippen LogP contribution < -0.4 is 5.32 Å². The maximum absolute atomic E-state index is 13.1. The van der Waals surface area contributed by atoms with Gasteiger partial charge in [0.15, 0.2) is 0 Å². The number of nitrogens with one attached hydrogen (secondary N) is 1. The number of likely N-dealkylation sites (tertiary alicyclic amines) is 1. The summed E-state index contributed by atoms with van der Waals surface area (Å²) in [5.74, 6) is -0.326. The third-order valence-electron chi connectivity index (χ3n) is 3.52. The number of urea groups is 1. The van der Waals surface area contributed by atoms with Gasteiger partial charge < -0.3 is 14.7 Å². The third-order valence-corrected chi connectivity index (χ3v) is 3.81. The highest BCUT2D eigenvalue weighted by atomic mass is 35.5. The molecule has 0 aliphatic carbocycles. The van der Waals surface area contributed by atoms with Crippen molar-refractivity contribution in [3.63, 3.8) is 0 Å². The van der Waals surface area contributed by atoms with Crippen LogP contribution >= 0.6 is 11.6 Å². The minimum atomic E-state index is -0.512. The summed E-state index contributed by atoms with van der Waals surface area (Å²) in [6.07, 6.45) is 2.36. The minimum Gasteiger partial charge on any atom is -0.365 e. The zero-order valence-corrected chi connectivity index (χ0v) is 11.8. The number of hydrogen-bond donors (Lipinski definition) is 1. The fourth-order valence-corrected chi connectivity index (χ4v) is 2.58. The zero-order valence-electron chi connectivity index (χ0n) is 11.1. The highest BCUT2D eigenvalue weighted by molar-refractivity contribution is 6.31. The molecule has 3 rings (SSSR count). The van der Waals surface area contributed by atoms with Gasteiger partial charge in [-0.1, -0.05) is 16.8 Å². The van der Waals surface area contributed by atoms with E-state index < -0.39 is 5.82 Å². The molecule has 2 aromatic rings. The summed E-state index contributed by atoms with van der Waals surface area (Å²) in [4.78, 5) is 13.9. The Morgan fingerprint density at radius 3 is 3.05 bits per heavy atom. The Balaban J connectivity index is 1.62. The number of hydrogen-bond acceptors (Lipinski definition) is 3. The van der Waals surface area contributed by atoms with E-state index >= 15 is 0 Å². The molecule has 110 valence electrons. The van der Waals surface area contributed by atoms with Gasteiger partial charge in [-0.2, -0.15) is 0 Å². The summed E-state index contributed by atoms with van der Waals surface area (Å²) in [5, 5.41) is 6.60. The van der Waals surface area contributed by atoms with Crippen LogP contribution in [0.4, 0.5) is 14.9 Å². The van der Waals surface area contributed by atoms with Crippen molar-refractivity contribution in [3.05, 3.63) is 47.1 Å². The zero-order chi connectivity index (χ0) is 14.8. The van der Waals surface area contributed by atoms with Crippen LogP contribution in [-0.4, -0.2) is 29.2 Å². The van der Waals surface area contributed by atoms with Gasteiger partial charge in [0.1, 0.15) is 12.1 Å². The second kappa shape index (κ2) is 5.73. The Hall–Kier alpha value is -2.08. The van der Waals surface area contributed by atoms with Gasteiger partial charge in [-0.15, -0.1) is 0 Å². The van der Waals surface area contributed by atoms with Crippen molar-refractivity contribution >= 4 is 23.3 Å². The number of carbonyl (C=O) groups excluding carboxylic acids is 1. The lowest BCUT2D eigenvalue weighted by Crippen LogP contribution is -2.32. The van der Waals surface area contributed by atoms with Crippen molar-refractivity contribution in [2.45, 2.75) is 12.3 Å². The molecule has 0 spiro atoms. The van der Waals surface area contributed by atoms with Crippen molar-refractivity contribution < 1.29 is 13.7 Å². The fraction of sp³-hybridized carbons (Fsp3) is 0.286. The molecule has 1 atom stereocenters. The Kier molecular flexibility index (Phi) is 3.79. The molecule has 2 amide bonds. The first kappa shape index (κ1) is 13.9. The average Bonchev–Trinajstić information content (AvgIpc) is 3.12. The minimum absolute atomic E-state index is 0.0188. The van der Waals surface area contributed by atoms with Crippen LogP contribution in [0.3, 0.4) is 0 Å². The number of nitrogens with zero attached hydrogens (tertiary/aromatic N) is 2. The van der Waals surface area contributed by atoms with Crippen LogP contribution in [0, 0.1) is 5.82 Å². The van der Waals surface area contributed by atoms with E-state index in [0.717, 1.165) is 12.1 Å². The molecule has 7 heteroatoms. The quantitative estimate of drug-likeness (QED) is 0.924. The Bertz CT molecular complexity index is 648. The van der Waals surface area contributed by atoms with Crippen LogP contribution in [0.1, 0.15) is 18.0 Å². The van der Waals surface area contributed by atoms with Gasteiger partial charge in [-0.25, -0.2) is 9.18 Å². The summed E-state index contributed by atoms with van der Waals surface area (Å²) in [7, 11) is 0. The number of benzene rings is 1. The maximum Gasteiger partial charge on any atom is 0.321 e. The predicted octanol–water partition coefficient (Wildman–Crippen LogP) is 3.49. The Morgan fingerprint density at radius 2 is 2.33 bits per heavy atom. The monoisotopic (exact) mass is 309 g/mol. The summed E-state index contributed by atoms with van der Waals surface area (Å²) < 4.78 is 17.9. The second-order valence-corrected chi connectivity index (χ2v) is 5.32. The van der Waals surface area contributed by atoms with Gasteiger partial charge in [0.2, 0.25) is 0 Å². The molecule has 0 radical (unpaired) electrons. The van der Waals surface area contributed by atoms with E-state index in [1.807, 2.05) is 6.07 Å². The van der Waals surface area contributed by atoms with Crippen molar-refractivity contribution in [2.75, 3.05) is 18.4 Å². The van der Waals surface area contributed by atoms with Crippen LogP contribution in [-0.2, 0) is 0 Å². The van der Waals surface area contributed by atoms with E-state index in [-0.39, 0.29) is 17.0 Å². The number of carbonyl (C=O) groups is 1. The van der Waals surface area contributed by atoms with E-state index in [4.69, 9.17) is 16.1 Å². The average molecular weight is 310 g/mol. The number of aromatic nitrogens is 1. The van der Waals surface area contributed by atoms with E-state index in [2.05, 4.69) is 10.5 Å². The molecular weight excluding hydrogens is 297 g/mol. The number of halogens is 2. The summed E-state index contributed by atoms with van der Waals surface area (Å²) in [5.41, 5.74) is 1.33.